The van der Waals surface area contributed by atoms with E-state index in [4.69, 9.17) is 21.4 Å². The maximum atomic E-state index is 10.6. The number of hydrogen-bond donors (Lipinski definition) is 1. The fourth-order valence-corrected chi connectivity index (χ4v) is 2.54. The summed E-state index contributed by atoms with van der Waals surface area (Å²) in [4.78, 5) is 10.6. The Labute approximate surface area is 137 Å². The Morgan fingerprint density at radius 1 is 1.36 bits per heavy atom. The summed E-state index contributed by atoms with van der Waals surface area (Å²) in [7, 11) is 1.83. The maximum Gasteiger partial charge on any atom is 0.313 e. The zero-order valence-electron chi connectivity index (χ0n) is 12.0. The van der Waals surface area contributed by atoms with Gasteiger partial charge in [-0.3, -0.25) is 4.79 Å². The molecule has 0 fully saturated rings. The van der Waals surface area contributed by atoms with Gasteiger partial charge in [-0.05, 0) is 30.7 Å². The van der Waals surface area contributed by atoms with Gasteiger partial charge in [0.2, 0.25) is 0 Å². The van der Waals surface area contributed by atoms with Crippen molar-refractivity contribution in [2.24, 2.45) is 7.05 Å². The van der Waals surface area contributed by atoms with E-state index in [1.54, 1.807) is 12.1 Å². The molecule has 1 heterocycles. The van der Waals surface area contributed by atoms with E-state index in [1.165, 1.54) is 0 Å². The summed E-state index contributed by atoms with van der Waals surface area (Å²) in [6.07, 6.45) is 1.50. The highest BCUT2D eigenvalue weighted by Gasteiger charge is 2.10. The quantitative estimate of drug-likeness (QED) is 0.587. The van der Waals surface area contributed by atoms with Gasteiger partial charge in [0.05, 0.1) is 12.4 Å². The fourth-order valence-electron chi connectivity index (χ4n) is 1.77. The molecule has 22 heavy (non-hydrogen) atoms. The largest absolute Gasteiger partial charge is 0.494 e. The number of aliphatic carboxylic acids is 1. The molecule has 0 amide bonds. The SMILES string of the molecule is Cn1c(CCCOc2ccc(Cl)cc2)nnc1SCC(=O)O. The van der Waals surface area contributed by atoms with Crippen molar-refractivity contribution in [3.63, 3.8) is 0 Å². The number of carboxylic acid groups (broad SMARTS) is 1. The Kier molecular flexibility index (Phi) is 6.09. The van der Waals surface area contributed by atoms with Crippen LogP contribution >= 0.6 is 23.4 Å². The topological polar surface area (TPSA) is 77.2 Å². The highest BCUT2D eigenvalue weighted by atomic mass is 35.5. The highest BCUT2D eigenvalue weighted by molar-refractivity contribution is 7.99. The zero-order chi connectivity index (χ0) is 15.9. The van der Waals surface area contributed by atoms with Gasteiger partial charge >= 0.3 is 5.97 Å². The van der Waals surface area contributed by atoms with Gasteiger partial charge in [-0.15, -0.1) is 10.2 Å². The number of thioether (sulfide) groups is 1. The molecular weight excluding hydrogens is 326 g/mol. The van der Waals surface area contributed by atoms with E-state index >= 15 is 0 Å². The van der Waals surface area contributed by atoms with Crippen molar-refractivity contribution in [3.05, 3.63) is 35.1 Å². The fraction of sp³-hybridized carbons (Fsp3) is 0.357. The lowest BCUT2D eigenvalue weighted by atomic mass is 10.3. The van der Waals surface area contributed by atoms with Crippen molar-refractivity contribution in [1.82, 2.24) is 14.8 Å². The third kappa shape index (κ3) is 4.92. The summed E-state index contributed by atoms with van der Waals surface area (Å²) in [6, 6.07) is 7.22. The molecule has 1 aromatic carbocycles. The molecule has 118 valence electrons. The second kappa shape index (κ2) is 8.05. The number of aromatic nitrogens is 3. The summed E-state index contributed by atoms with van der Waals surface area (Å²) in [5.41, 5.74) is 0. The van der Waals surface area contributed by atoms with Crippen molar-refractivity contribution < 1.29 is 14.6 Å². The molecule has 6 nitrogen and oxygen atoms in total. The zero-order valence-corrected chi connectivity index (χ0v) is 13.6. The Balaban J connectivity index is 1.77. The summed E-state index contributed by atoms with van der Waals surface area (Å²) >= 11 is 6.97. The molecule has 0 aliphatic heterocycles. The Morgan fingerprint density at radius 2 is 2.09 bits per heavy atom. The Bertz CT molecular complexity index is 631. The number of ether oxygens (including phenoxy) is 1. The second-order valence-electron chi connectivity index (χ2n) is 4.55. The third-order valence-electron chi connectivity index (χ3n) is 2.88. The number of hydrogen-bond acceptors (Lipinski definition) is 5. The molecule has 0 aliphatic rings. The van der Waals surface area contributed by atoms with Gasteiger partial charge in [-0.1, -0.05) is 23.4 Å². The van der Waals surface area contributed by atoms with E-state index in [-0.39, 0.29) is 5.75 Å². The molecule has 8 heteroatoms. The number of benzene rings is 1. The van der Waals surface area contributed by atoms with Crippen LogP contribution in [0.15, 0.2) is 29.4 Å². The second-order valence-corrected chi connectivity index (χ2v) is 5.93. The van der Waals surface area contributed by atoms with Crippen LogP contribution in [0.4, 0.5) is 0 Å². The number of aryl methyl sites for hydroxylation is 1. The summed E-state index contributed by atoms with van der Waals surface area (Å²) in [6.45, 7) is 0.562. The van der Waals surface area contributed by atoms with E-state index in [0.717, 1.165) is 29.8 Å². The van der Waals surface area contributed by atoms with Crippen LogP contribution in [0, 0.1) is 0 Å². The third-order valence-corrected chi connectivity index (χ3v) is 4.13. The first kappa shape index (κ1) is 16.6. The van der Waals surface area contributed by atoms with Crippen LogP contribution in [0.1, 0.15) is 12.2 Å². The van der Waals surface area contributed by atoms with Gasteiger partial charge in [0.25, 0.3) is 0 Å². The van der Waals surface area contributed by atoms with Crippen LogP contribution < -0.4 is 4.74 Å². The van der Waals surface area contributed by atoms with Crippen LogP contribution in [0.5, 0.6) is 5.75 Å². The van der Waals surface area contributed by atoms with Crippen molar-refractivity contribution in [2.45, 2.75) is 18.0 Å². The molecule has 1 N–H and O–H groups in total. The van der Waals surface area contributed by atoms with Gasteiger partial charge in [0.1, 0.15) is 11.6 Å². The lowest BCUT2D eigenvalue weighted by molar-refractivity contribution is -0.133. The van der Waals surface area contributed by atoms with E-state index in [2.05, 4.69) is 10.2 Å². The molecule has 1 aromatic heterocycles. The lowest BCUT2D eigenvalue weighted by Crippen LogP contribution is -2.05. The summed E-state index contributed by atoms with van der Waals surface area (Å²) < 4.78 is 7.42. The Morgan fingerprint density at radius 3 is 2.77 bits per heavy atom. The molecule has 0 bridgehead atoms. The minimum Gasteiger partial charge on any atom is -0.494 e. The molecule has 0 radical (unpaired) electrons. The smallest absolute Gasteiger partial charge is 0.313 e. The van der Waals surface area contributed by atoms with Crippen molar-refractivity contribution >= 4 is 29.3 Å². The standard InChI is InChI=1S/C14H16ClN3O3S/c1-18-12(16-17-14(18)22-9-13(19)20)3-2-8-21-11-6-4-10(15)5-7-11/h4-7H,2-3,8-9H2,1H3,(H,19,20). The summed E-state index contributed by atoms with van der Waals surface area (Å²) in [5.74, 6) is 0.699. The van der Waals surface area contributed by atoms with Gasteiger partial charge in [-0.25, -0.2) is 0 Å². The van der Waals surface area contributed by atoms with E-state index in [0.29, 0.717) is 23.2 Å². The Hall–Kier alpha value is -1.73. The molecule has 0 saturated carbocycles. The molecule has 0 aliphatic carbocycles. The molecule has 0 spiro atoms. The highest BCUT2D eigenvalue weighted by Crippen LogP contribution is 2.17. The first-order valence-corrected chi connectivity index (χ1v) is 8.04. The first-order valence-electron chi connectivity index (χ1n) is 6.67. The van der Waals surface area contributed by atoms with Gasteiger partial charge in [-0.2, -0.15) is 0 Å². The van der Waals surface area contributed by atoms with Crippen LogP contribution in [0.25, 0.3) is 0 Å². The summed E-state index contributed by atoms with van der Waals surface area (Å²) in [5, 5.41) is 18.0. The molecular formula is C14H16ClN3O3S. The van der Waals surface area contributed by atoms with Crippen molar-refractivity contribution in [2.75, 3.05) is 12.4 Å². The predicted molar refractivity (Wildman–Crippen MR) is 84.6 cm³/mol. The molecule has 0 unspecified atom stereocenters. The monoisotopic (exact) mass is 341 g/mol. The van der Waals surface area contributed by atoms with E-state index < -0.39 is 5.97 Å². The van der Waals surface area contributed by atoms with E-state index in [9.17, 15) is 4.79 Å². The lowest BCUT2D eigenvalue weighted by Gasteiger charge is -2.06. The van der Waals surface area contributed by atoms with Gasteiger partial charge < -0.3 is 14.4 Å². The normalized spacial score (nSPS) is 10.6. The number of rotatable bonds is 8. The first-order chi connectivity index (χ1) is 10.6. The molecule has 0 saturated heterocycles. The average molecular weight is 342 g/mol. The number of halogens is 1. The van der Waals surface area contributed by atoms with Gasteiger partial charge in [0, 0.05) is 18.5 Å². The molecule has 2 aromatic rings. The van der Waals surface area contributed by atoms with Crippen molar-refractivity contribution in [1.29, 1.82) is 0 Å². The molecule has 2 rings (SSSR count). The van der Waals surface area contributed by atoms with Crippen LogP contribution in [0.2, 0.25) is 5.02 Å². The maximum absolute atomic E-state index is 10.6. The van der Waals surface area contributed by atoms with Crippen LogP contribution in [-0.2, 0) is 18.3 Å². The average Bonchev–Trinajstić information content (AvgIpc) is 2.84. The number of carbonyl (C=O) groups is 1. The van der Waals surface area contributed by atoms with Gasteiger partial charge in [0.15, 0.2) is 5.16 Å². The van der Waals surface area contributed by atoms with Crippen molar-refractivity contribution in [3.8, 4) is 5.75 Å². The number of carboxylic acids is 1. The minimum atomic E-state index is -0.870. The molecule has 0 atom stereocenters. The minimum absolute atomic E-state index is 0.0222. The van der Waals surface area contributed by atoms with Crippen LogP contribution in [0.3, 0.4) is 0 Å². The van der Waals surface area contributed by atoms with E-state index in [1.807, 2.05) is 23.7 Å². The number of nitrogens with zero attached hydrogens (tertiary/aromatic N) is 3. The predicted octanol–water partition coefficient (Wildman–Crippen LogP) is 2.66. The van der Waals surface area contributed by atoms with Crippen LogP contribution in [-0.4, -0.2) is 38.2 Å².